The molecule has 0 N–H and O–H groups in total. The van der Waals surface area contributed by atoms with Crippen LogP contribution in [0.15, 0.2) is 24.3 Å². The number of halogens is 1. The highest BCUT2D eigenvalue weighted by atomic mass is 35.5. The molecule has 1 unspecified atom stereocenters. The van der Waals surface area contributed by atoms with E-state index < -0.39 is 0 Å². The number of nitrogens with zero attached hydrogens (tertiary/aromatic N) is 2. The van der Waals surface area contributed by atoms with Crippen LogP contribution >= 0.6 is 11.6 Å². The minimum atomic E-state index is 0.611. The molecule has 17 heavy (non-hydrogen) atoms. The molecule has 2 rings (SSSR count). The van der Waals surface area contributed by atoms with E-state index in [9.17, 15) is 0 Å². The van der Waals surface area contributed by atoms with Crippen molar-refractivity contribution in [1.29, 1.82) is 0 Å². The summed E-state index contributed by atoms with van der Waals surface area (Å²) in [5.74, 6) is 0. The Kier molecular flexibility index (Phi) is 3.95. The summed E-state index contributed by atoms with van der Waals surface area (Å²) in [7, 11) is 0. The first-order chi connectivity index (χ1) is 8.08. The van der Waals surface area contributed by atoms with Gasteiger partial charge in [-0.3, -0.25) is 4.90 Å². The summed E-state index contributed by atoms with van der Waals surface area (Å²) in [6.07, 6.45) is 0. The average Bonchev–Trinajstić information content (AvgIpc) is 2.29. The van der Waals surface area contributed by atoms with Crippen molar-refractivity contribution in [1.82, 2.24) is 4.90 Å². The quantitative estimate of drug-likeness (QED) is 0.797. The van der Waals surface area contributed by atoms with Crippen molar-refractivity contribution in [3.05, 3.63) is 29.3 Å². The zero-order chi connectivity index (χ0) is 12.4. The van der Waals surface area contributed by atoms with Crippen LogP contribution in [0.25, 0.3) is 0 Å². The molecule has 1 fully saturated rings. The Labute approximate surface area is 109 Å². The fourth-order valence-electron chi connectivity index (χ4n) is 2.63. The Hall–Kier alpha value is -0.730. The second kappa shape index (κ2) is 5.28. The first-order valence-corrected chi connectivity index (χ1v) is 6.72. The normalized spacial score (nSPS) is 22.2. The SMILES string of the molecule is CC(C)N1CCN(c2ccc(Cl)cc2)CC1C. The van der Waals surface area contributed by atoms with Gasteiger partial charge in [0.1, 0.15) is 0 Å². The summed E-state index contributed by atoms with van der Waals surface area (Å²) in [6, 6.07) is 9.41. The van der Waals surface area contributed by atoms with Gasteiger partial charge in [-0.25, -0.2) is 0 Å². The monoisotopic (exact) mass is 252 g/mol. The van der Waals surface area contributed by atoms with E-state index in [0.29, 0.717) is 12.1 Å². The van der Waals surface area contributed by atoms with Crippen LogP contribution in [0.5, 0.6) is 0 Å². The van der Waals surface area contributed by atoms with Gasteiger partial charge < -0.3 is 4.90 Å². The molecule has 1 atom stereocenters. The van der Waals surface area contributed by atoms with Crippen LogP contribution in [0.4, 0.5) is 5.69 Å². The molecular weight excluding hydrogens is 232 g/mol. The third-order valence-electron chi connectivity index (χ3n) is 3.53. The number of benzene rings is 1. The highest BCUT2D eigenvalue weighted by Crippen LogP contribution is 2.22. The first-order valence-electron chi connectivity index (χ1n) is 6.34. The van der Waals surface area contributed by atoms with Crippen LogP contribution in [0.3, 0.4) is 0 Å². The van der Waals surface area contributed by atoms with Gasteiger partial charge in [0, 0.05) is 42.4 Å². The van der Waals surface area contributed by atoms with E-state index in [2.05, 4.69) is 42.7 Å². The summed E-state index contributed by atoms with van der Waals surface area (Å²) < 4.78 is 0. The fourth-order valence-corrected chi connectivity index (χ4v) is 2.75. The smallest absolute Gasteiger partial charge is 0.0407 e. The van der Waals surface area contributed by atoms with Crippen molar-refractivity contribution < 1.29 is 0 Å². The van der Waals surface area contributed by atoms with E-state index >= 15 is 0 Å². The number of hydrogen-bond donors (Lipinski definition) is 0. The third kappa shape index (κ3) is 2.93. The summed E-state index contributed by atoms with van der Waals surface area (Å²) >= 11 is 5.92. The number of piperazine rings is 1. The lowest BCUT2D eigenvalue weighted by molar-refractivity contribution is 0.148. The van der Waals surface area contributed by atoms with Gasteiger partial charge in [-0.05, 0) is 45.0 Å². The van der Waals surface area contributed by atoms with E-state index in [1.165, 1.54) is 5.69 Å². The number of hydrogen-bond acceptors (Lipinski definition) is 2. The first kappa shape index (κ1) is 12.7. The highest BCUT2D eigenvalue weighted by Gasteiger charge is 2.25. The van der Waals surface area contributed by atoms with Gasteiger partial charge in [0.25, 0.3) is 0 Å². The van der Waals surface area contributed by atoms with Gasteiger partial charge in [0.05, 0.1) is 0 Å². The van der Waals surface area contributed by atoms with E-state index in [0.717, 1.165) is 24.7 Å². The van der Waals surface area contributed by atoms with E-state index in [1.54, 1.807) is 0 Å². The Morgan fingerprint density at radius 2 is 1.82 bits per heavy atom. The molecule has 94 valence electrons. The van der Waals surface area contributed by atoms with Crippen molar-refractivity contribution in [2.24, 2.45) is 0 Å². The molecule has 2 nitrogen and oxygen atoms in total. The van der Waals surface area contributed by atoms with Crippen molar-refractivity contribution in [3.8, 4) is 0 Å². The third-order valence-corrected chi connectivity index (χ3v) is 3.79. The Morgan fingerprint density at radius 1 is 1.18 bits per heavy atom. The van der Waals surface area contributed by atoms with Crippen molar-refractivity contribution in [2.45, 2.75) is 32.9 Å². The summed E-state index contributed by atoms with van der Waals surface area (Å²) in [4.78, 5) is 5.01. The molecule has 0 amide bonds. The van der Waals surface area contributed by atoms with Gasteiger partial charge in [-0.2, -0.15) is 0 Å². The molecular formula is C14H21ClN2. The van der Waals surface area contributed by atoms with Crippen molar-refractivity contribution >= 4 is 17.3 Å². The highest BCUT2D eigenvalue weighted by molar-refractivity contribution is 6.30. The van der Waals surface area contributed by atoms with Crippen LogP contribution in [0, 0.1) is 0 Å². The maximum Gasteiger partial charge on any atom is 0.0407 e. The molecule has 1 saturated heterocycles. The predicted molar refractivity (Wildman–Crippen MR) is 75.0 cm³/mol. The molecule has 0 spiro atoms. The second-order valence-corrected chi connectivity index (χ2v) is 5.54. The van der Waals surface area contributed by atoms with E-state index in [-0.39, 0.29) is 0 Å². The summed E-state index contributed by atoms with van der Waals surface area (Å²) in [5, 5.41) is 0.808. The molecule has 1 aromatic carbocycles. The minimum absolute atomic E-state index is 0.611. The zero-order valence-corrected chi connectivity index (χ0v) is 11.6. The zero-order valence-electron chi connectivity index (χ0n) is 10.9. The summed E-state index contributed by atoms with van der Waals surface area (Å²) in [6.45, 7) is 10.2. The molecule has 1 aliphatic rings. The molecule has 0 aromatic heterocycles. The van der Waals surface area contributed by atoms with E-state index in [4.69, 9.17) is 11.6 Å². The molecule has 0 aliphatic carbocycles. The van der Waals surface area contributed by atoms with Gasteiger partial charge in [-0.1, -0.05) is 11.6 Å². The maximum atomic E-state index is 5.92. The largest absolute Gasteiger partial charge is 0.369 e. The van der Waals surface area contributed by atoms with Crippen LogP contribution in [-0.2, 0) is 0 Å². The minimum Gasteiger partial charge on any atom is -0.369 e. The molecule has 0 saturated carbocycles. The molecule has 3 heteroatoms. The maximum absolute atomic E-state index is 5.92. The average molecular weight is 253 g/mol. The van der Waals surface area contributed by atoms with Gasteiger partial charge in [0.15, 0.2) is 0 Å². The van der Waals surface area contributed by atoms with Gasteiger partial charge in [-0.15, -0.1) is 0 Å². The van der Waals surface area contributed by atoms with Gasteiger partial charge >= 0.3 is 0 Å². The predicted octanol–water partition coefficient (Wildman–Crippen LogP) is 3.26. The van der Waals surface area contributed by atoms with Crippen LogP contribution in [0.2, 0.25) is 5.02 Å². The number of rotatable bonds is 2. The molecule has 1 heterocycles. The molecule has 1 aromatic rings. The van der Waals surface area contributed by atoms with Gasteiger partial charge in [0.2, 0.25) is 0 Å². The van der Waals surface area contributed by atoms with E-state index in [1.807, 2.05) is 12.1 Å². The Bertz CT molecular complexity index is 361. The number of anilines is 1. The Balaban J connectivity index is 2.04. The lowest BCUT2D eigenvalue weighted by Crippen LogP contribution is -2.54. The van der Waals surface area contributed by atoms with Crippen LogP contribution in [-0.4, -0.2) is 36.6 Å². The van der Waals surface area contributed by atoms with Crippen molar-refractivity contribution in [2.75, 3.05) is 24.5 Å². The molecule has 0 bridgehead atoms. The lowest BCUT2D eigenvalue weighted by atomic mass is 10.1. The lowest BCUT2D eigenvalue weighted by Gasteiger charge is -2.43. The summed E-state index contributed by atoms with van der Waals surface area (Å²) in [5.41, 5.74) is 1.28. The van der Waals surface area contributed by atoms with Crippen LogP contribution < -0.4 is 4.90 Å². The van der Waals surface area contributed by atoms with Crippen LogP contribution in [0.1, 0.15) is 20.8 Å². The molecule has 1 aliphatic heterocycles. The molecule has 0 radical (unpaired) electrons. The fraction of sp³-hybridized carbons (Fsp3) is 0.571. The second-order valence-electron chi connectivity index (χ2n) is 5.10. The standard InChI is InChI=1S/C14H21ClN2/c1-11(2)17-9-8-16(10-12(17)3)14-6-4-13(15)5-7-14/h4-7,11-12H,8-10H2,1-3H3. The Morgan fingerprint density at radius 3 is 2.35 bits per heavy atom. The van der Waals surface area contributed by atoms with Crippen molar-refractivity contribution in [3.63, 3.8) is 0 Å². The topological polar surface area (TPSA) is 6.48 Å².